The van der Waals surface area contributed by atoms with E-state index in [1.54, 1.807) is 0 Å². The number of aromatic nitrogens is 5. The van der Waals surface area contributed by atoms with Crippen molar-refractivity contribution in [3.05, 3.63) is 54.9 Å². The minimum absolute atomic E-state index is 0.441. The second kappa shape index (κ2) is 5.97. The van der Waals surface area contributed by atoms with Crippen molar-refractivity contribution >= 4 is 22.1 Å². The van der Waals surface area contributed by atoms with Crippen LogP contribution < -0.4 is 0 Å². The van der Waals surface area contributed by atoms with Crippen LogP contribution in [0.15, 0.2) is 49.3 Å². The lowest BCUT2D eigenvalue weighted by Gasteiger charge is -2.33. The molecule has 25 heavy (non-hydrogen) atoms. The molecule has 1 fully saturated rings. The minimum atomic E-state index is 0.441. The first-order valence-electron chi connectivity index (χ1n) is 8.78. The quantitative estimate of drug-likeness (QED) is 0.626. The summed E-state index contributed by atoms with van der Waals surface area (Å²) in [6.07, 6.45) is 12.0. The van der Waals surface area contributed by atoms with E-state index in [1.165, 1.54) is 23.9 Å². The van der Waals surface area contributed by atoms with Gasteiger partial charge in [-0.2, -0.15) is 0 Å². The normalized spacial score (nSPS) is 19.0. The highest BCUT2D eigenvalue weighted by Crippen LogP contribution is 2.29. The Balaban J connectivity index is 1.46. The van der Waals surface area contributed by atoms with Gasteiger partial charge >= 0.3 is 0 Å². The van der Waals surface area contributed by atoms with Gasteiger partial charge in [0.15, 0.2) is 0 Å². The molecule has 1 unspecified atom stereocenters. The van der Waals surface area contributed by atoms with Crippen molar-refractivity contribution in [1.29, 1.82) is 0 Å². The van der Waals surface area contributed by atoms with Crippen LogP contribution in [0.25, 0.3) is 22.1 Å². The summed E-state index contributed by atoms with van der Waals surface area (Å²) in [6.45, 7) is 3.13. The Morgan fingerprint density at radius 1 is 1.20 bits per heavy atom. The third-order valence-corrected chi connectivity index (χ3v) is 5.12. The minimum Gasteiger partial charge on any atom is -0.346 e. The Morgan fingerprint density at radius 3 is 3.12 bits per heavy atom. The number of nitrogens with one attached hydrogen (secondary N) is 1. The number of aromatic amines is 1. The Kier molecular flexibility index (Phi) is 3.48. The van der Waals surface area contributed by atoms with Crippen molar-refractivity contribution in [2.24, 2.45) is 0 Å². The zero-order valence-corrected chi connectivity index (χ0v) is 14.0. The highest BCUT2D eigenvalue weighted by molar-refractivity contribution is 6.00. The Bertz CT molecular complexity index is 1000. The lowest BCUT2D eigenvalue weighted by Crippen LogP contribution is -2.36. The molecule has 0 spiro atoms. The molecule has 0 amide bonds. The average Bonchev–Trinajstić information content (AvgIpc) is 3.29. The van der Waals surface area contributed by atoms with Crippen LogP contribution in [0.3, 0.4) is 0 Å². The van der Waals surface area contributed by atoms with Crippen LogP contribution in [-0.4, -0.2) is 42.5 Å². The fourth-order valence-corrected chi connectivity index (χ4v) is 3.96. The van der Waals surface area contributed by atoms with Gasteiger partial charge in [-0.05, 0) is 37.1 Å². The van der Waals surface area contributed by atoms with Crippen molar-refractivity contribution in [1.82, 2.24) is 29.4 Å². The molecule has 6 heteroatoms. The zero-order chi connectivity index (χ0) is 16.6. The summed E-state index contributed by atoms with van der Waals surface area (Å²) < 4.78 is 2.35. The van der Waals surface area contributed by atoms with E-state index in [-0.39, 0.29) is 0 Å². The predicted octanol–water partition coefficient (Wildman–Crippen LogP) is 3.14. The number of hydrogen-bond acceptors (Lipinski definition) is 4. The molecule has 0 aromatic carbocycles. The fraction of sp³-hybridized carbons (Fsp3) is 0.316. The van der Waals surface area contributed by atoms with Crippen LogP contribution in [-0.2, 0) is 6.54 Å². The van der Waals surface area contributed by atoms with Gasteiger partial charge in [0, 0.05) is 43.1 Å². The number of hydrogen-bond donors (Lipinski definition) is 1. The van der Waals surface area contributed by atoms with E-state index in [9.17, 15) is 0 Å². The largest absolute Gasteiger partial charge is 0.346 e. The van der Waals surface area contributed by atoms with E-state index in [1.807, 2.05) is 37.2 Å². The van der Waals surface area contributed by atoms with E-state index in [4.69, 9.17) is 0 Å². The average molecular weight is 332 g/mol. The molecule has 0 saturated carbocycles. The molecular weight excluding hydrogens is 312 g/mol. The molecule has 0 radical (unpaired) electrons. The fourth-order valence-electron chi connectivity index (χ4n) is 3.96. The predicted molar refractivity (Wildman–Crippen MR) is 97.2 cm³/mol. The Labute approximate surface area is 145 Å². The first-order chi connectivity index (χ1) is 12.4. The highest BCUT2D eigenvalue weighted by Gasteiger charge is 2.23. The number of fused-ring (bicyclic) bond motifs is 3. The molecule has 5 heterocycles. The molecule has 6 nitrogen and oxygen atoms in total. The third kappa shape index (κ3) is 2.59. The Morgan fingerprint density at radius 2 is 2.20 bits per heavy atom. The van der Waals surface area contributed by atoms with Crippen LogP contribution in [0.1, 0.15) is 24.4 Å². The zero-order valence-electron chi connectivity index (χ0n) is 14.0. The van der Waals surface area contributed by atoms with Crippen molar-refractivity contribution in [2.45, 2.75) is 25.4 Å². The third-order valence-electron chi connectivity index (χ3n) is 5.12. The highest BCUT2D eigenvalue weighted by atomic mass is 15.2. The number of nitrogens with zero attached hydrogens (tertiary/aromatic N) is 5. The molecule has 0 bridgehead atoms. The van der Waals surface area contributed by atoms with Crippen molar-refractivity contribution in [2.75, 3.05) is 13.1 Å². The molecule has 5 rings (SSSR count). The van der Waals surface area contributed by atoms with E-state index >= 15 is 0 Å². The van der Waals surface area contributed by atoms with E-state index in [2.05, 4.69) is 41.5 Å². The summed E-state index contributed by atoms with van der Waals surface area (Å²) >= 11 is 0. The molecule has 1 saturated heterocycles. The van der Waals surface area contributed by atoms with Gasteiger partial charge in [0.05, 0.1) is 18.0 Å². The van der Waals surface area contributed by atoms with Crippen molar-refractivity contribution in [3.63, 3.8) is 0 Å². The Hall–Kier alpha value is -2.73. The molecule has 1 aliphatic heterocycles. The van der Waals surface area contributed by atoms with Gasteiger partial charge in [-0.25, -0.2) is 9.97 Å². The van der Waals surface area contributed by atoms with Crippen LogP contribution in [0.4, 0.5) is 0 Å². The topological polar surface area (TPSA) is 62.6 Å². The first-order valence-corrected chi connectivity index (χ1v) is 8.78. The van der Waals surface area contributed by atoms with Crippen LogP contribution in [0.5, 0.6) is 0 Å². The molecule has 1 aliphatic rings. The first kappa shape index (κ1) is 14.6. The number of H-pyrrole nitrogens is 1. The van der Waals surface area contributed by atoms with Gasteiger partial charge in [-0.15, -0.1) is 0 Å². The van der Waals surface area contributed by atoms with Gasteiger partial charge < -0.3 is 9.55 Å². The maximum Gasteiger partial charge on any atom is 0.139 e. The molecular formula is C19H20N6. The number of pyridine rings is 2. The van der Waals surface area contributed by atoms with Crippen LogP contribution in [0.2, 0.25) is 0 Å². The van der Waals surface area contributed by atoms with Gasteiger partial charge in [-0.1, -0.05) is 6.07 Å². The summed E-state index contributed by atoms with van der Waals surface area (Å²) in [6, 6.07) is 6.70. The number of likely N-dealkylation sites (tertiary alicyclic amines) is 1. The summed E-state index contributed by atoms with van der Waals surface area (Å²) in [5.41, 5.74) is 4.36. The molecule has 4 aromatic heterocycles. The lowest BCUT2D eigenvalue weighted by atomic mass is 10.0. The van der Waals surface area contributed by atoms with Crippen LogP contribution in [0, 0.1) is 0 Å². The second-order valence-corrected chi connectivity index (χ2v) is 6.78. The maximum absolute atomic E-state index is 4.59. The molecule has 4 aromatic rings. The second-order valence-electron chi connectivity index (χ2n) is 6.78. The summed E-state index contributed by atoms with van der Waals surface area (Å²) in [4.78, 5) is 19.0. The maximum atomic E-state index is 4.59. The summed E-state index contributed by atoms with van der Waals surface area (Å²) in [5, 5.41) is 1.15. The summed E-state index contributed by atoms with van der Waals surface area (Å²) in [7, 11) is 0. The number of rotatable bonds is 3. The molecule has 1 N–H and O–H groups in total. The van der Waals surface area contributed by atoms with Gasteiger partial charge in [-0.3, -0.25) is 9.88 Å². The number of piperidine rings is 1. The SMILES string of the molecule is c1cncc(CN2CCCC(n3cnc4cnc5[nH]ccc5c43)C2)c1. The smallest absolute Gasteiger partial charge is 0.139 e. The number of imidazole rings is 1. The van der Waals surface area contributed by atoms with Gasteiger partial charge in [0.1, 0.15) is 11.2 Å². The molecule has 1 atom stereocenters. The van der Waals surface area contributed by atoms with E-state index in [0.29, 0.717) is 6.04 Å². The van der Waals surface area contributed by atoms with E-state index in [0.717, 1.165) is 36.2 Å². The van der Waals surface area contributed by atoms with Gasteiger partial charge in [0.25, 0.3) is 0 Å². The lowest BCUT2D eigenvalue weighted by molar-refractivity contribution is 0.172. The van der Waals surface area contributed by atoms with Crippen molar-refractivity contribution in [3.8, 4) is 0 Å². The van der Waals surface area contributed by atoms with Crippen molar-refractivity contribution < 1.29 is 0 Å². The van der Waals surface area contributed by atoms with Gasteiger partial charge in [0.2, 0.25) is 0 Å². The monoisotopic (exact) mass is 332 g/mol. The molecule has 126 valence electrons. The van der Waals surface area contributed by atoms with Crippen LogP contribution >= 0.6 is 0 Å². The standard InChI is InChI=1S/C19H20N6/c1-3-14(9-20-6-1)11-24-8-2-4-15(12-24)25-13-23-17-10-22-19-16(18(17)25)5-7-21-19/h1,3,5-7,9-10,13,15H,2,4,8,11-12H2,(H,21,22). The van der Waals surface area contributed by atoms with E-state index < -0.39 is 0 Å². The molecule has 0 aliphatic carbocycles. The summed E-state index contributed by atoms with van der Waals surface area (Å²) in [5.74, 6) is 0.